The van der Waals surface area contributed by atoms with Gasteiger partial charge in [0.2, 0.25) is 5.91 Å². The zero-order chi connectivity index (χ0) is 26.8. The summed E-state index contributed by atoms with van der Waals surface area (Å²) >= 11 is 7.27. The molecule has 0 bridgehead atoms. The van der Waals surface area contributed by atoms with Crippen LogP contribution in [-0.2, 0) is 9.59 Å². The van der Waals surface area contributed by atoms with Crippen LogP contribution in [-0.4, -0.2) is 40.1 Å². The number of ether oxygens (including phenoxy) is 1. The quantitative estimate of drug-likeness (QED) is 0.408. The molecule has 5 rings (SSSR count). The third kappa shape index (κ3) is 5.58. The van der Waals surface area contributed by atoms with Gasteiger partial charge in [0.25, 0.3) is 5.91 Å². The lowest BCUT2D eigenvalue weighted by molar-refractivity contribution is -0.121. The number of carbonyl (C=O) groups is 2. The fraction of sp³-hybridized carbons (Fsp3) is 0.214. The van der Waals surface area contributed by atoms with Crippen LogP contribution in [0.1, 0.15) is 35.6 Å². The fourth-order valence-electron chi connectivity index (χ4n) is 4.24. The first-order valence-corrected chi connectivity index (χ1v) is 13.2. The normalized spacial score (nSPS) is 18.8. The number of carbonyl (C=O) groups excluding carboxylic acids is 2. The molecule has 194 valence electrons. The first-order chi connectivity index (χ1) is 18.3. The van der Waals surface area contributed by atoms with Gasteiger partial charge in [0.15, 0.2) is 5.17 Å². The Bertz CT molecular complexity index is 1440. The summed E-state index contributed by atoms with van der Waals surface area (Å²) < 4.78 is 19.1. The van der Waals surface area contributed by atoms with E-state index >= 15 is 0 Å². The molecular weight excluding hydrogens is 527 g/mol. The van der Waals surface area contributed by atoms with E-state index in [2.05, 4.69) is 10.3 Å². The first-order valence-electron chi connectivity index (χ1n) is 11.9. The van der Waals surface area contributed by atoms with Crippen LogP contribution in [0.3, 0.4) is 0 Å². The molecule has 2 amide bonds. The predicted octanol–water partition coefficient (Wildman–Crippen LogP) is 5.97. The van der Waals surface area contributed by atoms with Gasteiger partial charge in [-0.3, -0.25) is 9.59 Å². The molecule has 10 heteroatoms. The number of nitrogens with one attached hydrogen (secondary N) is 1. The average Bonchev–Trinajstić information content (AvgIpc) is 3.50. The van der Waals surface area contributed by atoms with E-state index in [1.54, 1.807) is 31.2 Å². The molecule has 2 aliphatic rings. The van der Waals surface area contributed by atoms with Gasteiger partial charge in [0.1, 0.15) is 16.8 Å². The number of anilines is 1. The minimum absolute atomic E-state index is 0.0964. The van der Waals surface area contributed by atoms with Gasteiger partial charge in [-0.2, -0.15) is 10.1 Å². The van der Waals surface area contributed by atoms with Crippen LogP contribution in [0.2, 0.25) is 5.02 Å². The van der Waals surface area contributed by atoms with Gasteiger partial charge >= 0.3 is 0 Å². The lowest BCUT2D eigenvalue weighted by atomic mass is 9.98. The molecule has 0 spiro atoms. The number of nitrogens with zero attached hydrogens (tertiary/aromatic N) is 3. The van der Waals surface area contributed by atoms with Crippen molar-refractivity contribution in [2.24, 2.45) is 10.1 Å². The molecule has 3 aromatic rings. The standard InChI is InChI=1S/C28H24ClFN4O3S/c1-16-3-10-20(13-22(16)30)31-26(35)15-25-27(36)32-28(38-25)34-24(18-6-11-21(37-2)12-7-18)14-23(33-34)17-4-8-19(29)9-5-17/h3-13,24-25H,14-15H2,1-2H3,(H,31,35)/t24-,25-/m1/s1. The van der Waals surface area contributed by atoms with Crippen LogP contribution in [0, 0.1) is 12.7 Å². The molecule has 3 aromatic carbocycles. The Balaban J connectivity index is 1.34. The molecule has 0 radical (unpaired) electrons. The zero-order valence-electron chi connectivity index (χ0n) is 20.7. The van der Waals surface area contributed by atoms with E-state index in [9.17, 15) is 14.0 Å². The lowest BCUT2D eigenvalue weighted by Crippen LogP contribution is -2.25. The maximum atomic E-state index is 13.9. The second-order valence-corrected chi connectivity index (χ2v) is 10.6. The third-order valence-corrected chi connectivity index (χ3v) is 7.73. The molecule has 0 saturated carbocycles. The second-order valence-electron chi connectivity index (χ2n) is 8.95. The van der Waals surface area contributed by atoms with Crippen molar-refractivity contribution in [2.75, 3.05) is 12.4 Å². The molecule has 2 heterocycles. The number of methoxy groups -OCH3 is 1. The summed E-state index contributed by atoms with van der Waals surface area (Å²) in [6.45, 7) is 1.64. The largest absolute Gasteiger partial charge is 0.497 e. The number of hydrogen-bond acceptors (Lipinski definition) is 6. The van der Waals surface area contributed by atoms with Gasteiger partial charge in [-0.1, -0.05) is 53.7 Å². The number of amides is 2. The number of thioether (sulfide) groups is 1. The summed E-state index contributed by atoms with van der Waals surface area (Å²) in [6.07, 6.45) is 0.493. The minimum Gasteiger partial charge on any atom is -0.497 e. The van der Waals surface area contributed by atoms with E-state index in [1.807, 2.05) is 48.5 Å². The number of hydrogen-bond donors (Lipinski definition) is 1. The summed E-state index contributed by atoms with van der Waals surface area (Å²) in [5.41, 5.74) is 3.56. The van der Waals surface area contributed by atoms with Crippen LogP contribution in [0.15, 0.2) is 76.8 Å². The summed E-state index contributed by atoms with van der Waals surface area (Å²) in [4.78, 5) is 29.7. The highest BCUT2D eigenvalue weighted by Crippen LogP contribution is 2.39. The monoisotopic (exact) mass is 550 g/mol. The van der Waals surface area contributed by atoms with E-state index in [-0.39, 0.29) is 12.5 Å². The third-order valence-electron chi connectivity index (χ3n) is 6.34. The number of aliphatic imine (C=N–C) groups is 1. The van der Waals surface area contributed by atoms with Crippen molar-refractivity contribution in [3.8, 4) is 5.75 Å². The van der Waals surface area contributed by atoms with Crippen molar-refractivity contribution in [2.45, 2.75) is 31.1 Å². The zero-order valence-corrected chi connectivity index (χ0v) is 22.2. The Morgan fingerprint density at radius 1 is 1.16 bits per heavy atom. The molecule has 7 nitrogen and oxygen atoms in total. The molecule has 0 fully saturated rings. The van der Waals surface area contributed by atoms with Crippen molar-refractivity contribution in [1.29, 1.82) is 0 Å². The summed E-state index contributed by atoms with van der Waals surface area (Å²) in [5, 5.41) is 9.60. The maximum absolute atomic E-state index is 13.9. The fourth-order valence-corrected chi connectivity index (χ4v) is 5.43. The van der Waals surface area contributed by atoms with Gasteiger partial charge in [0, 0.05) is 23.6 Å². The maximum Gasteiger partial charge on any atom is 0.262 e. The Kier molecular flexibility index (Phi) is 7.49. The van der Waals surface area contributed by atoms with Crippen LogP contribution >= 0.6 is 23.4 Å². The van der Waals surface area contributed by atoms with Gasteiger partial charge < -0.3 is 10.1 Å². The minimum atomic E-state index is -0.702. The molecule has 0 aromatic heterocycles. The molecule has 1 N–H and O–H groups in total. The second kappa shape index (κ2) is 11.0. The number of aryl methyl sites for hydroxylation is 1. The van der Waals surface area contributed by atoms with Crippen LogP contribution < -0.4 is 10.1 Å². The van der Waals surface area contributed by atoms with E-state index in [0.717, 1.165) is 22.6 Å². The Hall–Kier alpha value is -3.69. The van der Waals surface area contributed by atoms with E-state index in [1.165, 1.54) is 17.8 Å². The highest BCUT2D eigenvalue weighted by atomic mass is 35.5. The smallest absolute Gasteiger partial charge is 0.262 e. The lowest BCUT2D eigenvalue weighted by Gasteiger charge is -2.23. The predicted molar refractivity (Wildman–Crippen MR) is 148 cm³/mol. The Labute approximate surface area is 228 Å². The van der Waals surface area contributed by atoms with Gasteiger partial charge in [-0.25, -0.2) is 9.40 Å². The van der Waals surface area contributed by atoms with Crippen LogP contribution in [0.4, 0.5) is 10.1 Å². The number of benzene rings is 3. The SMILES string of the molecule is COc1ccc([C@H]2CC(c3ccc(Cl)cc3)=NN2C2=NC(=O)[C@@H](CC(=O)Nc3ccc(C)c(F)c3)S2)cc1. The highest BCUT2D eigenvalue weighted by Gasteiger charge is 2.39. The van der Waals surface area contributed by atoms with Crippen molar-refractivity contribution in [3.63, 3.8) is 0 Å². The molecule has 0 aliphatic carbocycles. The molecule has 2 atom stereocenters. The number of hydrazone groups is 1. The Morgan fingerprint density at radius 3 is 2.58 bits per heavy atom. The van der Waals surface area contributed by atoms with Crippen LogP contribution in [0.25, 0.3) is 0 Å². The highest BCUT2D eigenvalue weighted by molar-refractivity contribution is 8.15. The molecule has 0 unspecified atom stereocenters. The molecule has 38 heavy (non-hydrogen) atoms. The van der Waals surface area contributed by atoms with Crippen molar-refractivity contribution < 1.29 is 18.7 Å². The Morgan fingerprint density at radius 2 is 1.89 bits per heavy atom. The van der Waals surface area contributed by atoms with E-state index < -0.39 is 22.9 Å². The van der Waals surface area contributed by atoms with Crippen molar-refractivity contribution in [3.05, 3.63) is 94.3 Å². The van der Waals surface area contributed by atoms with Gasteiger partial charge in [-0.05, 0) is 60.0 Å². The van der Waals surface area contributed by atoms with E-state index in [0.29, 0.717) is 27.9 Å². The van der Waals surface area contributed by atoms with Crippen LogP contribution in [0.5, 0.6) is 5.75 Å². The van der Waals surface area contributed by atoms with Crippen molar-refractivity contribution >= 4 is 51.7 Å². The van der Waals surface area contributed by atoms with E-state index in [4.69, 9.17) is 21.4 Å². The van der Waals surface area contributed by atoms with Gasteiger partial charge in [-0.15, -0.1) is 0 Å². The molecule has 2 aliphatic heterocycles. The number of rotatable bonds is 6. The summed E-state index contributed by atoms with van der Waals surface area (Å²) in [5.74, 6) is -0.472. The molecule has 0 saturated heterocycles. The number of halogens is 2. The molecular formula is C28H24ClFN4O3S. The first kappa shape index (κ1) is 25.9. The van der Waals surface area contributed by atoms with Gasteiger partial charge in [0.05, 0.1) is 18.9 Å². The van der Waals surface area contributed by atoms with Crippen molar-refractivity contribution in [1.82, 2.24) is 5.01 Å². The topological polar surface area (TPSA) is 83.4 Å². The summed E-state index contributed by atoms with van der Waals surface area (Å²) in [6, 6.07) is 19.4. The summed E-state index contributed by atoms with van der Waals surface area (Å²) in [7, 11) is 1.61. The number of amidine groups is 1. The average molecular weight is 551 g/mol.